The number of benzene rings is 1. The van der Waals surface area contributed by atoms with Gasteiger partial charge in [-0.2, -0.15) is 0 Å². The average molecular weight is 384 g/mol. The van der Waals surface area contributed by atoms with Crippen molar-refractivity contribution in [3.05, 3.63) is 47.4 Å². The molecular weight excluding hydrogens is 363 g/mol. The average Bonchev–Trinajstić information content (AvgIpc) is 3.11. The van der Waals surface area contributed by atoms with E-state index < -0.39 is 0 Å². The number of amides is 1. The Hall–Kier alpha value is -2.54. The van der Waals surface area contributed by atoms with E-state index in [2.05, 4.69) is 33.2 Å². The van der Waals surface area contributed by atoms with Gasteiger partial charge in [0, 0.05) is 23.7 Å². The van der Waals surface area contributed by atoms with Crippen molar-refractivity contribution in [2.45, 2.75) is 26.2 Å². The van der Waals surface area contributed by atoms with E-state index in [0.29, 0.717) is 12.2 Å². The van der Waals surface area contributed by atoms with Gasteiger partial charge >= 0.3 is 0 Å². The number of aromatic nitrogens is 2. The zero-order valence-electron chi connectivity index (χ0n) is 15.1. The van der Waals surface area contributed by atoms with E-state index in [1.165, 1.54) is 17.0 Å². The molecule has 1 aliphatic heterocycles. The van der Waals surface area contributed by atoms with Crippen LogP contribution in [0.4, 0.5) is 15.9 Å². The Morgan fingerprint density at radius 1 is 1.37 bits per heavy atom. The molecule has 0 radical (unpaired) electrons. The van der Waals surface area contributed by atoms with Crippen LogP contribution < -0.4 is 10.2 Å². The fourth-order valence-corrected chi connectivity index (χ4v) is 4.44. The Balaban J connectivity index is 1.53. The van der Waals surface area contributed by atoms with Gasteiger partial charge in [-0.25, -0.2) is 14.4 Å². The molecule has 1 saturated heterocycles. The van der Waals surface area contributed by atoms with E-state index in [4.69, 9.17) is 0 Å². The van der Waals surface area contributed by atoms with E-state index in [1.54, 1.807) is 29.8 Å². The lowest BCUT2D eigenvalue weighted by Gasteiger charge is -2.33. The molecule has 1 N–H and O–H groups in total. The number of nitrogens with zero attached hydrogens (tertiary/aromatic N) is 3. The van der Waals surface area contributed by atoms with E-state index in [1.807, 2.05) is 0 Å². The van der Waals surface area contributed by atoms with E-state index in [-0.39, 0.29) is 17.6 Å². The Morgan fingerprint density at radius 2 is 2.26 bits per heavy atom. The molecule has 5 nitrogen and oxygen atoms in total. The third kappa shape index (κ3) is 3.78. The normalized spacial score (nSPS) is 17.3. The van der Waals surface area contributed by atoms with Crippen molar-refractivity contribution in [2.75, 3.05) is 23.3 Å². The van der Waals surface area contributed by atoms with Gasteiger partial charge in [-0.3, -0.25) is 4.79 Å². The molecule has 27 heavy (non-hydrogen) atoms. The van der Waals surface area contributed by atoms with Crippen molar-refractivity contribution in [3.8, 4) is 0 Å². The molecule has 4 rings (SSSR count). The summed E-state index contributed by atoms with van der Waals surface area (Å²) in [5.41, 5.74) is 0.493. The first-order valence-electron chi connectivity index (χ1n) is 9.19. The molecule has 1 aliphatic rings. The fourth-order valence-electron chi connectivity index (χ4n) is 3.51. The first-order chi connectivity index (χ1) is 13.1. The highest BCUT2D eigenvalue weighted by Crippen LogP contribution is 2.32. The van der Waals surface area contributed by atoms with Crippen LogP contribution in [0, 0.1) is 11.7 Å². The summed E-state index contributed by atoms with van der Waals surface area (Å²) in [7, 11) is 0. The number of nitrogens with one attached hydrogen (secondary N) is 1. The fraction of sp³-hybridized carbons (Fsp3) is 0.350. The summed E-state index contributed by atoms with van der Waals surface area (Å²) in [4.78, 5) is 26.0. The zero-order chi connectivity index (χ0) is 18.8. The standard InChI is InChI=1S/C20H21FN4OS/c1-2-16-10-17-18(22-12-23-20(17)27-16)25-8-4-5-13(11-25)19(26)24-15-7-3-6-14(21)9-15/h3,6-7,9-10,12-13H,2,4-5,8,11H2,1H3,(H,24,26). The number of anilines is 2. The lowest BCUT2D eigenvalue weighted by molar-refractivity contribution is -0.120. The topological polar surface area (TPSA) is 58.1 Å². The Kier molecular flexibility index (Phi) is 5.03. The van der Waals surface area contributed by atoms with Gasteiger partial charge in [0.1, 0.15) is 22.8 Å². The highest BCUT2D eigenvalue weighted by atomic mass is 32.1. The van der Waals surface area contributed by atoms with E-state index in [0.717, 1.165) is 41.8 Å². The quantitative estimate of drug-likeness (QED) is 0.731. The summed E-state index contributed by atoms with van der Waals surface area (Å²) in [5.74, 6) is 0.316. The summed E-state index contributed by atoms with van der Waals surface area (Å²) >= 11 is 1.69. The maximum atomic E-state index is 13.4. The van der Waals surface area contributed by atoms with Gasteiger partial charge in [0.25, 0.3) is 0 Å². The highest BCUT2D eigenvalue weighted by molar-refractivity contribution is 7.18. The van der Waals surface area contributed by atoms with Crippen molar-refractivity contribution >= 4 is 39.0 Å². The number of aryl methyl sites for hydroxylation is 1. The number of thiophene rings is 1. The summed E-state index contributed by atoms with van der Waals surface area (Å²) in [6.07, 6.45) is 4.30. The van der Waals surface area contributed by atoms with Crippen LogP contribution in [0.2, 0.25) is 0 Å². The molecule has 140 valence electrons. The number of hydrogen-bond acceptors (Lipinski definition) is 5. The van der Waals surface area contributed by atoms with Gasteiger partial charge in [0.2, 0.25) is 5.91 Å². The molecule has 1 atom stereocenters. The first-order valence-corrected chi connectivity index (χ1v) is 10.0. The highest BCUT2D eigenvalue weighted by Gasteiger charge is 2.28. The van der Waals surface area contributed by atoms with Crippen LogP contribution in [0.5, 0.6) is 0 Å². The number of carbonyl (C=O) groups is 1. The monoisotopic (exact) mass is 384 g/mol. The third-order valence-electron chi connectivity index (χ3n) is 4.89. The Morgan fingerprint density at radius 3 is 3.07 bits per heavy atom. The minimum Gasteiger partial charge on any atom is -0.355 e. The first kappa shape index (κ1) is 17.9. The number of carbonyl (C=O) groups excluding carboxylic acids is 1. The number of halogens is 1. The predicted molar refractivity (Wildman–Crippen MR) is 107 cm³/mol. The second-order valence-corrected chi connectivity index (χ2v) is 7.88. The second kappa shape index (κ2) is 7.60. The lowest BCUT2D eigenvalue weighted by Crippen LogP contribution is -2.41. The maximum absolute atomic E-state index is 13.4. The number of rotatable bonds is 4. The SMILES string of the molecule is CCc1cc2c(N3CCCC(C(=O)Nc4cccc(F)c4)C3)ncnc2s1. The molecule has 3 aromatic rings. The van der Waals surface area contributed by atoms with Gasteiger partial charge in [-0.15, -0.1) is 11.3 Å². The third-order valence-corrected chi connectivity index (χ3v) is 6.08. The minimum absolute atomic E-state index is 0.0739. The molecule has 3 heterocycles. The molecular formula is C20H21FN4OS. The molecule has 1 unspecified atom stereocenters. The molecule has 7 heteroatoms. The second-order valence-electron chi connectivity index (χ2n) is 6.77. The van der Waals surface area contributed by atoms with Crippen molar-refractivity contribution in [1.29, 1.82) is 0 Å². The molecule has 0 bridgehead atoms. The lowest BCUT2D eigenvalue weighted by atomic mass is 9.97. The van der Waals surface area contributed by atoms with E-state index >= 15 is 0 Å². The van der Waals surface area contributed by atoms with Crippen LogP contribution >= 0.6 is 11.3 Å². The van der Waals surface area contributed by atoms with Gasteiger partial charge in [0.05, 0.1) is 11.3 Å². The number of hydrogen-bond donors (Lipinski definition) is 1. The minimum atomic E-state index is -0.356. The summed E-state index contributed by atoms with van der Waals surface area (Å²) in [6, 6.07) is 8.16. The van der Waals surface area contributed by atoms with Crippen molar-refractivity contribution in [3.63, 3.8) is 0 Å². The Labute approximate surface area is 161 Å². The summed E-state index contributed by atoms with van der Waals surface area (Å²) in [5, 5.41) is 3.90. The van der Waals surface area contributed by atoms with Gasteiger partial charge in [0.15, 0.2) is 0 Å². The zero-order valence-corrected chi connectivity index (χ0v) is 15.9. The van der Waals surface area contributed by atoms with Crippen LogP contribution in [-0.4, -0.2) is 29.0 Å². The number of fused-ring (bicyclic) bond motifs is 1. The summed E-state index contributed by atoms with van der Waals surface area (Å²) < 4.78 is 13.4. The summed E-state index contributed by atoms with van der Waals surface area (Å²) in [6.45, 7) is 3.60. The smallest absolute Gasteiger partial charge is 0.229 e. The van der Waals surface area contributed by atoms with Gasteiger partial charge in [-0.1, -0.05) is 13.0 Å². The van der Waals surface area contributed by atoms with Crippen LogP contribution in [0.25, 0.3) is 10.2 Å². The molecule has 0 aliphatic carbocycles. The van der Waals surface area contributed by atoms with Crippen molar-refractivity contribution < 1.29 is 9.18 Å². The van der Waals surface area contributed by atoms with Crippen LogP contribution in [-0.2, 0) is 11.2 Å². The van der Waals surface area contributed by atoms with Crippen LogP contribution in [0.3, 0.4) is 0 Å². The van der Waals surface area contributed by atoms with E-state index in [9.17, 15) is 9.18 Å². The molecule has 0 saturated carbocycles. The predicted octanol–water partition coefficient (Wildman–Crippen LogP) is 4.25. The Bertz CT molecular complexity index is 974. The molecule has 1 fully saturated rings. The van der Waals surface area contributed by atoms with Crippen LogP contribution in [0.1, 0.15) is 24.6 Å². The molecule has 1 aromatic carbocycles. The van der Waals surface area contributed by atoms with Gasteiger partial charge in [-0.05, 0) is 43.5 Å². The molecule has 2 aromatic heterocycles. The maximum Gasteiger partial charge on any atom is 0.229 e. The largest absolute Gasteiger partial charge is 0.355 e. The van der Waals surface area contributed by atoms with Crippen molar-refractivity contribution in [1.82, 2.24) is 9.97 Å². The molecule has 0 spiro atoms. The number of piperidine rings is 1. The molecule has 1 amide bonds. The van der Waals surface area contributed by atoms with Crippen LogP contribution in [0.15, 0.2) is 36.7 Å². The van der Waals surface area contributed by atoms with Crippen molar-refractivity contribution in [2.24, 2.45) is 5.92 Å². The van der Waals surface area contributed by atoms with Gasteiger partial charge < -0.3 is 10.2 Å².